The molecular weight excluding hydrogens is 655 g/mol. The number of aryl methyl sites for hydroxylation is 2. The van der Waals surface area contributed by atoms with Crippen molar-refractivity contribution in [3.05, 3.63) is 176 Å². The smallest absolute Gasteiger partial charge is 0.147 e. The van der Waals surface area contributed by atoms with Crippen LogP contribution in [0.25, 0.3) is 32.7 Å². The molecule has 3 heteroatoms. The number of allylic oxidation sites excluding steroid dienone is 4. The molecule has 0 aromatic heterocycles. The van der Waals surface area contributed by atoms with Crippen LogP contribution in [0.15, 0.2) is 143 Å². The minimum Gasteiger partial charge on any atom is -0.147 e. The van der Waals surface area contributed by atoms with Crippen LogP contribution in [0.4, 0.5) is 0 Å². The summed E-state index contributed by atoms with van der Waals surface area (Å²) in [7, 11) is 0. The fraction of sp³-hybridized carbons (Fsp3) is 0.0976. The Labute approximate surface area is 280 Å². The van der Waals surface area contributed by atoms with E-state index in [1.54, 1.807) is 12.1 Å². The molecule has 8 rings (SSSR count). The van der Waals surface area contributed by atoms with Gasteiger partial charge in [-0.3, -0.25) is 0 Å². The molecule has 44 heavy (non-hydrogen) atoms. The van der Waals surface area contributed by atoms with Crippen LogP contribution in [0, 0.1) is 13.8 Å². The van der Waals surface area contributed by atoms with Gasteiger partial charge < -0.3 is 0 Å². The summed E-state index contributed by atoms with van der Waals surface area (Å²) in [5, 5.41) is 5.53. The maximum absolute atomic E-state index is 2.74. The van der Waals surface area contributed by atoms with Crippen molar-refractivity contribution in [2.24, 2.45) is 0 Å². The zero-order valence-corrected chi connectivity index (χ0v) is 29.0. The average molecular weight is 689 g/mol. The molecule has 0 N–H and O–H groups in total. The van der Waals surface area contributed by atoms with Gasteiger partial charge in [0.25, 0.3) is 0 Å². The van der Waals surface area contributed by atoms with Crippen molar-refractivity contribution in [3.63, 3.8) is 0 Å². The summed E-state index contributed by atoms with van der Waals surface area (Å²) in [5.41, 5.74) is 11.4. The van der Waals surface area contributed by atoms with E-state index < -0.39 is 21.3 Å². The van der Waals surface area contributed by atoms with Crippen LogP contribution in [0.1, 0.15) is 43.4 Å². The fourth-order valence-corrected chi connectivity index (χ4v) is 16.3. The summed E-state index contributed by atoms with van der Waals surface area (Å²) in [6.07, 6.45) is 8.21. The molecule has 1 unspecified atom stereocenters. The Morgan fingerprint density at radius 3 is 1.70 bits per heavy atom. The van der Waals surface area contributed by atoms with Crippen molar-refractivity contribution in [2.45, 2.75) is 23.9 Å². The van der Waals surface area contributed by atoms with E-state index in [4.69, 9.17) is 0 Å². The quantitative estimate of drug-likeness (QED) is 0.162. The minimum atomic E-state index is -2.74. The Hall–Kier alpha value is -3.35. The minimum absolute atomic E-state index is 0. The van der Waals surface area contributed by atoms with Gasteiger partial charge in [-0.2, -0.15) is 0 Å². The second-order valence-corrected chi connectivity index (χ2v) is 18.0. The SMILES string of the molecule is Cc1ccc([C](c2ccc(C)cc2)=[Zr]([C]2=CC=CC2)[CH]2c3ccccc3-c3c2c2ccccc2c2ccccc32)cc1.Cl.Cl. The maximum atomic E-state index is 2.47. The van der Waals surface area contributed by atoms with Crippen LogP contribution in [-0.4, -0.2) is 3.21 Å². The van der Waals surface area contributed by atoms with Gasteiger partial charge in [-0.25, -0.2) is 0 Å². The standard InChI is InChI=1S/C21H13.C15H14.C5H5.2ClH.Zr/c1-2-8-15-14(7-1)13-20-18-11-4-3-9-16(18)17-10-5-6-12-19(17)21(15)20;1-12-3-7-14(8-4-12)11-15-9-5-13(2)6-10-15;1-2-4-5-3-1;;;/h1-13H;3-10H,1-2H3;1-3H,4H2;2*1H;. The van der Waals surface area contributed by atoms with Crippen LogP contribution >= 0.6 is 24.8 Å². The predicted octanol–water partition coefficient (Wildman–Crippen LogP) is 11.3. The van der Waals surface area contributed by atoms with Gasteiger partial charge in [-0.1, -0.05) is 0 Å². The number of benzene rings is 6. The van der Waals surface area contributed by atoms with Gasteiger partial charge in [-0.05, 0) is 0 Å². The average Bonchev–Trinajstić information content (AvgIpc) is 3.69. The van der Waals surface area contributed by atoms with Crippen molar-refractivity contribution < 1.29 is 21.3 Å². The zero-order chi connectivity index (χ0) is 28.2. The van der Waals surface area contributed by atoms with E-state index in [2.05, 4.69) is 153 Å². The molecule has 216 valence electrons. The van der Waals surface area contributed by atoms with E-state index in [1.165, 1.54) is 60.5 Å². The van der Waals surface area contributed by atoms with Gasteiger partial charge in [0, 0.05) is 0 Å². The Bertz CT molecular complexity index is 2070. The number of hydrogen-bond donors (Lipinski definition) is 0. The first-order chi connectivity index (χ1) is 20.7. The molecule has 2 aliphatic rings. The first kappa shape index (κ1) is 30.7. The van der Waals surface area contributed by atoms with Crippen molar-refractivity contribution >= 4 is 49.6 Å². The van der Waals surface area contributed by atoms with Crippen LogP contribution < -0.4 is 0 Å². The Kier molecular flexibility index (Phi) is 8.76. The molecule has 0 spiro atoms. The van der Waals surface area contributed by atoms with E-state index in [-0.39, 0.29) is 24.8 Å². The van der Waals surface area contributed by atoms with E-state index in [0.29, 0.717) is 3.63 Å². The second kappa shape index (κ2) is 12.6. The molecule has 0 heterocycles. The Morgan fingerprint density at radius 1 is 0.591 bits per heavy atom. The molecule has 1 atom stereocenters. The maximum Gasteiger partial charge on any atom is -0.147 e. The summed E-state index contributed by atoms with van der Waals surface area (Å²) < 4.78 is 3.67. The fourth-order valence-electron chi connectivity index (χ4n) is 7.25. The van der Waals surface area contributed by atoms with E-state index in [0.717, 1.165) is 6.42 Å². The van der Waals surface area contributed by atoms with Gasteiger partial charge in [0.2, 0.25) is 0 Å². The van der Waals surface area contributed by atoms with Gasteiger partial charge in [-0.15, -0.1) is 24.8 Å². The summed E-state index contributed by atoms with van der Waals surface area (Å²) >= 11 is -2.74. The first-order valence-electron chi connectivity index (χ1n) is 15.0. The zero-order valence-electron chi connectivity index (χ0n) is 24.9. The van der Waals surface area contributed by atoms with E-state index >= 15 is 0 Å². The van der Waals surface area contributed by atoms with Gasteiger partial charge >= 0.3 is 257 Å². The third-order valence-corrected chi connectivity index (χ3v) is 17.4. The molecule has 6 aromatic carbocycles. The predicted molar refractivity (Wildman–Crippen MR) is 191 cm³/mol. The molecule has 0 amide bonds. The topological polar surface area (TPSA) is 0 Å². The molecule has 0 fully saturated rings. The molecule has 0 nitrogen and oxygen atoms in total. The van der Waals surface area contributed by atoms with Gasteiger partial charge in [0.15, 0.2) is 0 Å². The normalized spacial score (nSPS) is 14.4. The Balaban J connectivity index is 0.00000171. The van der Waals surface area contributed by atoms with Crippen LogP contribution in [0.2, 0.25) is 0 Å². The largest absolute Gasteiger partial charge is 0.147 e. The molecule has 0 radical (unpaired) electrons. The summed E-state index contributed by atoms with van der Waals surface area (Å²) in [6.45, 7) is 4.39. The van der Waals surface area contributed by atoms with Gasteiger partial charge in [0.1, 0.15) is 0 Å². The van der Waals surface area contributed by atoms with Crippen LogP contribution in [0.5, 0.6) is 0 Å². The van der Waals surface area contributed by atoms with Crippen LogP contribution in [-0.2, 0) is 21.3 Å². The third-order valence-electron chi connectivity index (χ3n) is 9.16. The van der Waals surface area contributed by atoms with Crippen molar-refractivity contribution in [1.82, 2.24) is 0 Å². The Morgan fingerprint density at radius 2 is 1.11 bits per heavy atom. The monoisotopic (exact) mass is 686 g/mol. The molecule has 0 bridgehead atoms. The molecule has 6 aromatic rings. The number of rotatable bonds is 4. The second-order valence-electron chi connectivity index (χ2n) is 11.7. The summed E-state index contributed by atoms with van der Waals surface area (Å²) in [5.74, 6) is 0. The molecule has 0 aliphatic heterocycles. The molecule has 2 aliphatic carbocycles. The van der Waals surface area contributed by atoms with E-state index in [9.17, 15) is 0 Å². The summed E-state index contributed by atoms with van der Waals surface area (Å²) in [6, 6.07) is 46.3. The number of hydrogen-bond acceptors (Lipinski definition) is 0. The van der Waals surface area contributed by atoms with E-state index in [1.807, 2.05) is 0 Å². The molecular formula is C41H34Cl2Zr. The van der Waals surface area contributed by atoms with Crippen molar-refractivity contribution in [3.8, 4) is 11.1 Å². The van der Waals surface area contributed by atoms with Crippen molar-refractivity contribution in [1.29, 1.82) is 0 Å². The number of halogens is 2. The molecule has 0 saturated carbocycles. The van der Waals surface area contributed by atoms with Gasteiger partial charge in [0.05, 0.1) is 0 Å². The third kappa shape index (κ3) is 5.00. The summed E-state index contributed by atoms with van der Waals surface area (Å²) in [4.78, 5) is 0. The van der Waals surface area contributed by atoms with Crippen LogP contribution in [0.3, 0.4) is 0 Å². The first-order valence-corrected chi connectivity index (χ1v) is 18.8. The van der Waals surface area contributed by atoms with Crippen molar-refractivity contribution in [2.75, 3.05) is 0 Å². The molecule has 0 saturated heterocycles. The number of fused-ring (bicyclic) bond motifs is 8.